The highest BCUT2D eigenvalue weighted by atomic mass is 15.1. The lowest BCUT2D eigenvalue weighted by Gasteiger charge is -2.14. The fraction of sp³-hybridized carbons (Fsp3) is 0.375. The third-order valence-corrected chi connectivity index (χ3v) is 3.44. The van der Waals surface area contributed by atoms with Gasteiger partial charge < -0.3 is 10.6 Å². The Hall–Kier alpha value is -2.10. The lowest BCUT2D eigenvalue weighted by atomic mass is 10.0. The van der Waals surface area contributed by atoms with E-state index < -0.39 is 0 Å². The minimum absolute atomic E-state index is 0.476. The summed E-state index contributed by atoms with van der Waals surface area (Å²) in [6, 6.07) is 10.9. The molecule has 0 bridgehead atoms. The van der Waals surface area contributed by atoms with Crippen molar-refractivity contribution in [2.45, 2.75) is 38.6 Å². The second-order valence-corrected chi connectivity index (χ2v) is 5.57. The van der Waals surface area contributed by atoms with Gasteiger partial charge in [-0.05, 0) is 30.4 Å². The Morgan fingerprint density at radius 3 is 2.60 bits per heavy atom. The summed E-state index contributed by atoms with van der Waals surface area (Å²) in [7, 11) is 0. The molecule has 1 aromatic carbocycles. The number of nitrogens with one attached hydrogen (secondary N) is 2. The molecular formula is C16H20N4. The number of hydrogen-bond donors (Lipinski definition) is 2. The number of nitrogens with zero attached hydrogens (tertiary/aromatic N) is 2. The van der Waals surface area contributed by atoms with E-state index in [4.69, 9.17) is 0 Å². The third kappa shape index (κ3) is 3.07. The molecule has 2 aromatic rings. The average Bonchev–Trinajstić information content (AvgIpc) is 3.23. The Morgan fingerprint density at radius 1 is 1.10 bits per heavy atom. The van der Waals surface area contributed by atoms with E-state index in [-0.39, 0.29) is 0 Å². The van der Waals surface area contributed by atoms with Crippen molar-refractivity contribution in [1.29, 1.82) is 0 Å². The Morgan fingerprint density at radius 2 is 1.85 bits per heavy atom. The van der Waals surface area contributed by atoms with Gasteiger partial charge in [0.2, 0.25) is 0 Å². The molecule has 0 spiro atoms. The molecule has 1 aliphatic carbocycles. The van der Waals surface area contributed by atoms with Crippen LogP contribution in [0.5, 0.6) is 0 Å². The standard InChI is InChI=1S/C16H20N4/c1-11(2)13-5-3-4-6-14(13)20-16-9-15(17-10-18-16)19-12-7-8-12/h3-6,9-12H,7-8H2,1-2H3,(H2,17,18,19,20). The van der Waals surface area contributed by atoms with Gasteiger partial charge in [0.05, 0.1) is 0 Å². The number of rotatable bonds is 5. The molecule has 2 N–H and O–H groups in total. The lowest BCUT2D eigenvalue weighted by molar-refractivity contribution is 0.869. The van der Waals surface area contributed by atoms with Crippen molar-refractivity contribution in [1.82, 2.24) is 9.97 Å². The van der Waals surface area contributed by atoms with Gasteiger partial charge in [0.1, 0.15) is 18.0 Å². The highest BCUT2D eigenvalue weighted by molar-refractivity contribution is 5.63. The molecule has 0 aliphatic heterocycles. The zero-order chi connectivity index (χ0) is 13.9. The summed E-state index contributed by atoms with van der Waals surface area (Å²) in [6.45, 7) is 4.39. The van der Waals surface area contributed by atoms with E-state index in [9.17, 15) is 0 Å². The van der Waals surface area contributed by atoms with Crippen LogP contribution in [0.2, 0.25) is 0 Å². The van der Waals surface area contributed by atoms with Gasteiger partial charge in [-0.25, -0.2) is 9.97 Å². The topological polar surface area (TPSA) is 49.8 Å². The minimum Gasteiger partial charge on any atom is -0.367 e. The van der Waals surface area contributed by atoms with Crippen molar-refractivity contribution in [2.75, 3.05) is 10.6 Å². The van der Waals surface area contributed by atoms with Gasteiger partial charge >= 0.3 is 0 Å². The highest BCUT2D eigenvalue weighted by Crippen LogP contribution is 2.28. The first kappa shape index (κ1) is 12.9. The van der Waals surface area contributed by atoms with Crippen molar-refractivity contribution < 1.29 is 0 Å². The summed E-state index contributed by atoms with van der Waals surface area (Å²) in [6.07, 6.45) is 4.08. The molecule has 104 valence electrons. The molecule has 1 heterocycles. The summed E-state index contributed by atoms with van der Waals surface area (Å²) in [5.41, 5.74) is 2.40. The smallest absolute Gasteiger partial charge is 0.135 e. The molecule has 1 saturated carbocycles. The largest absolute Gasteiger partial charge is 0.367 e. The monoisotopic (exact) mass is 268 g/mol. The maximum Gasteiger partial charge on any atom is 0.135 e. The molecule has 0 saturated heterocycles. The van der Waals surface area contributed by atoms with E-state index in [1.807, 2.05) is 12.1 Å². The molecule has 1 aromatic heterocycles. The van der Waals surface area contributed by atoms with E-state index in [1.54, 1.807) is 6.33 Å². The number of anilines is 3. The maximum absolute atomic E-state index is 4.30. The Balaban J connectivity index is 1.80. The maximum atomic E-state index is 4.30. The summed E-state index contributed by atoms with van der Waals surface area (Å²) in [4.78, 5) is 8.56. The number of hydrogen-bond acceptors (Lipinski definition) is 4. The lowest BCUT2D eigenvalue weighted by Crippen LogP contribution is -2.05. The van der Waals surface area contributed by atoms with Gasteiger partial charge in [0, 0.05) is 17.8 Å². The van der Waals surface area contributed by atoms with Crippen LogP contribution in [0.4, 0.5) is 17.3 Å². The fourth-order valence-electron chi connectivity index (χ4n) is 2.19. The second-order valence-electron chi connectivity index (χ2n) is 5.57. The average molecular weight is 268 g/mol. The van der Waals surface area contributed by atoms with Gasteiger partial charge in [-0.15, -0.1) is 0 Å². The van der Waals surface area contributed by atoms with Gasteiger partial charge in [-0.2, -0.15) is 0 Å². The van der Waals surface area contributed by atoms with Crippen molar-refractivity contribution in [3.8, 4) is 0 Å². The molecule has 0 unspecified atom stereocenters. The molecule has 0 atom stereocenters. The Kier molecular flexibility index (Phi) is 3.54. The second kappa shape index (κ2) is 5.49. The molecule has 20 heavy (non-hydrogen) atoms. The van der Waals surface area contributed by atoms with Crippen LogP contribution in [0.15, 0.2) is 36.7 Å². The van der Waals surface area contributed by atoms with Crippen LogP contribution in [0.3, 0.4) is 0 Å². The van der Waals surface area contributed by atoms with Gasteiger partial charge in [-0.1, -0.05) is 32.0 Å². The van der Waals surface area contributed by atoms with Gasteiger partial charge in [0.15, 0.2) is 0 Å². The normalized spacial score (nSPS) is 14.3. The van der Waals surface area contributed by atoms with Crippen molar-refractivity contribution >= 4 is 17.3 Å². The first-order valence-electron chi connectivity index (χ1n) is 7.17. The fourth-order valence-corrected chi connectivity index (χ4v) is 2.19. The van der Waals surface area contributed by atoms with E-state index in [0.717, 1.165) is 17.3 Å². The number of para-hydroxylation sites is 1. The van der Waals surface area contributed by atoms with Crippen LogP contribution in [0, 0.1) is 0 Å². The van der Waals surface area contributed by atoms with Crippen molar-refractivity contribution in [2.24, 2.45) is 0 Å². The summed E-state index contributed by atoms with van der Waals surface area (Å²) in [5.74, 6) is 2.20. The van der Waals surface area contributed by atoms with E-state index in [0.29, 0.717) is 12.0 Å². The van der Waals surface area contributed by atoms with E-state index in [1.165, 1.54) is 18.4 Å². The number of benzene rings is 1. The Bertz CT molecular complexity index is 591. The molecule has 4 nitrogen and oxygen atoms in total. The van der Waals surface area contributed by atoms with Gasteiger partial charge in [-0.3, -0.25) is 0 Å². The number of aromatic nitrogens is 2. The predicted octanol–water partition coefficient (Wildman–Crippen LogP) is 3.92. The van der Waals surface area contributed by atoms with Gasteiger partial charge in [0.25, 0.3) is 0 Å². The first-order valence-corrected chi connectivity index (χ1v) is 7.17. The van der Waals surface area contributed by atoms with Crippen molar-refractivity contribution in [3.05, 3.63) is 42.2 Å². The van der Waals surface area contributed by atoms with Crippen LogP contribution >= 0.6 is 0 Å². The first-order chi connectivity index (χ1) is 9.72. The highest BCUT2D eigenvalue weighted by Gasteiger charge is 2.21. The summed E-state index contributed by atoms with van der Waals surface area (Å²) >= 11 is 0. The van der Waals surface area contributed by atoms with Crippen molar-refractivity contribution in [3.63, 3.8) is 0 Å². The summed E-state index contributed by atoms with van der Waals surface area (Å²) in [5, 5.41) is 6.79. The molecule has 1 fully saturated rings. The summed E-state index contributed by atoms with van der Waals surface area (Å²) < 4.78 is 0. The molecule has 4 heteroatoms. The molecule has 3 rings (SSSR count). The SMILES string of the molecule is CC(C)c1ccccc1Nc1cc(NC2CC2)ncn1. The Labute approximate surface area is 119 Å². The molecule has 0 amide bonds. The molecule has 1 aliphatic rings. The minimum atomic E-state index is 0.476. The zero-order valence-electron chi connectivity index (χ0n) is 11.9. The third-order valence-electron chi connectivity index (χ3n) is 3.44. The van der Waals surface area contributed by atoms with Crippen LogP contribution in [-0.4, -0.2) is 16.0 Å². The van der Waals surface area contributed by atoms with Crippen LogP contribution < -0.4 is 10.6 Å². The zero-order valence-corrected chi connectivity index (χ0v) is 11.9. The molecule has 0 radical (unpaired) electrons. The van der Waals surface area contributed by atoms with Crippen LogP contribution in [0.1, 0.15) is 38.2 Å². The molecular weight excluding hydrogens is 248 g/mol. The van der Waals surface area contributed by atoms with Crippen LogP contribution in [-0.2, 0) is 0 Å². The quantitative estimate of drug-likeness (QED) is 0.863. The van der Waals surface area contributed by atoms with E-state index >= 15 is 0 Å². The van der Waals surface area contributed by atoms with E-state index in [2.05, 4.69) is 52.6 Å². The van der Waals surface area contributed by atoms with Crippen LogP contribution in [0.25, 0.3) is 0 Å². The predicted molar refractivity (Wildman–Crippen MR) is 82.5 cm³/mol.